The second-order valence-corrected chi connectivity index (χ2v) is 7.46. The number of carbonyl (C=O) groups is 1. The maximum absolute atomic E-state index is 11.9. The van der Waals surface area contributed by atoms with Gasteiger partial charge in [0.25, 0.3) is 0 Å². The van der Waals surface area contributed by atoms with Crippen molar-refractivity contribution >= 4 is 33.4 Å². The molecule has 1 aromatic heterocycles. The van der Waals surface area contributed by atoms with Crippen LogP contribution >= 0.6 is 27.3 Å². The summed E-state index contributed by atoms with van der Waals surface area (Å²) in [6.07, 6.45) is -0.155. The molecule has 0 N–H and O–H groups in total. The molecule has 0 spiro atoms. The number of nitrogens with zero attached hydrogens (tertiary/aromatic N) is 1. The van der Waals surface area contributed by atoms with Crippen molar-refractivity contribution in [2.75, 3.05) is 19.7 Å². The van der Waals surface area contributed by atoms with Crippen LogP contribution in [0.4, 0.5) is 4.79 Å². The smallest absolute Gasteiger partial charge is 0.409 e. The standard InChI is InChI=1S/C14H18BrNO2S/c1-4-18-14(17)16-5-9-7(2)11-12(15)8(3)19-13(11)10(9)6-16/h7,9-10H,4-6H2,1-3H3. The van der Waals surface area contributed by atoms with Crippen LogP contribution in [0.2, 0.25) is 0 Å². The third-order valence-corrected chi connectivity index (χ3v) is 6.94. The molecule has 1 fully saturated rings. The van der Waals surface area contributed by atoms with E-state index in [9.17, 15) is 4.79 Å². The van der Waals surface area contributed by atoms with E-state index in [-0.39, 0.29) is 6.09 Å². The number of thiophene rings is 1. The van der Waals surface area contributed by atoms with Gasteiger partial charge in [0.1, 0.15) is 0 Å². The Kier molecular flexibility index (Phi) is 3.38. The first-order chi connectivity index (χ1) is 9.04. The fourth-order valence-electron chi connectivity index (χ4n) is 3.45. The van der Waals surface area contributed by atoms with Crippen molar-refractivity contribution in [2.45, 2.75) is 32.6 Å². The van der Waals surface area contributed by atoms with Gasteiger partial charge in [-0.25, -0.2) is 4.79 Å². The number of fused-ring (bicyclic) bond motifs is 3. The molecular weight excluding hydrogens is 326 g/mol. The molecule has 0 bridgehead atoms. The molecule has 3 rings (SSSR count). The summed E-state index contributed by atoms with van der Waals surface area (Å²) in [7, 11) is 0. The molecule has 1 saturated heterocycles. The maximum Gasteiger partial charge on any atom is 0.409 e. The van der Waals surface area contributed by atoms with Crippen LogP contribution < -0.4 is 0 Å². The summed E-state index contributed by atoms with van der Waals surface area (Å²) in [5.41, 5.74) is 1.49. The van der Waals surface area contributed by atoms with Crippen molar-refractivity contribution in [1.82, 2.24) is 4.90 Å². The molecule has 1 aromatic rings. The maximum atomic E-state index is 11.9. The van der Waals surface area contributed by atoms with Crippen molar-refractivity contribution in [3.8, 4) is 0 Å². The van der Waals surface area contributed by atoms with Gasteiger partial charge in [-0.3, -0.25) is 0 Å². The molecule has 1 aliphatic carbocycles. The Labute approximate surface area is 126 Å². The number of hydrogen-bond donors (Lipinski definition) is 0. The number of hydrogen-bond acceptors (Lipinski definition) is 3. The predicted molar refractivity (Wildman–Crippen MR) is 80.0 cm³/mol. The monoisotopic (exact) mass is 343 g/mol. The molecule has 1 amide bonds. The van der Waals surface area contributed by atoms with Crippen LogP contribution in [0.1, 0.15) is 41.0 Å². The summed E-state index contributed by atoms with van der Waals surface area (Å²) in [6.45, 7) is 8.40. The van der Waals surface area contributed by atoms with Crippen molar-refractivity contribution in [1.29, 1.82) is 0 Å². The van der Waals surface area contributed by atoms with Crippen LogP contribution in [0.3, 0.4) is 0 Å². The second kappa shape index (κ2) is 4.77. The lowest BCUT2D eigenvalue weighted by Gasteiger charge is -2.18. The molecule has 0 radical (unpaired) electrons. The van der Waals surface area contributed by atoms with E-state index < -0.39 is 0 Å². The quantitative estimate of drug-likeness (QED) is 0.767. The third-order valence-electron chi connectivity index (χ3n) is 4.40. The molecule has 3 atom stereocenters. The molecule has 0 saturated carbocycles. The summed E-state index contributed by atoms with van der Waals surface area (Å²) in [4.78, 5) is 16.6. The Morgan fingerprint density at radius 2 is 2.26 bits per heavy atom. The van der Waals surface area contributed by atoms with E-state index >= 15 is 0 Å². The van der Waals surface area contributed by atoms with E-state index in [1.54, 1.807) is 0 Å². The normalized spacial score (nSPS) is 28.4. The highest BCUT2D eigenvalue weighted by atomic mass is 79.9. The summed E-state index contributed by atoms with van der Waals surface area (Å²) in [6, 6.07) is 0. The van der Waals surface area contributed by atoms with E-state index in [2.05, 4.69) is 29.8 Å². The van der Waals surface area contributed by atoms with Gasteiger partial charge >= 0.3 is 6.09 Å². The highest BCUT2D eigenvalue weighted by Gasteiger charge is 2.48. The molecule has 104 valence electrons. The van der Waals surface area contributed by atoms with E-state index in [4.69, 9.17) is 4.74 Å². The van der Waals surface area contributed by atoms with Gasteiger partial charge in [-0.1, -0.05) is 6.92 Å². The van der Waals surface area contributed by atoms with E-state index in [0.29, 0.717) is 24.4 Å². The van der Waals surface area contributed by atoms with Crippen molar-refractivity contribution in [3.63, 3.8) is 0 Å². The van der Waals surface area contributed by atoms with Crippen LogP contribution in [0, 0.1) is 12.8 Å². The minimum atomic E-state index is -0.155. The van der Waals surface area contributed by atoms with Gasteiger partial charge < -0.3 is 9.64 Å². The lowest BCUT2D eigenvalue weighted by Crippen LogP contribution is -2.30. The van der Waals surface area contributed by atoms with E-state index in [0.717, 1.165) is 13.1 Å². The van der Waals surface area contributed by atoms with Crippen molar-refractivity contribution < 1.29 is 9.53 Å². The SMILES string of the molecule is CCOC(=O)N1CC2c3sc(C)c(Br)c3C(C)C2C1. The number of rotatable bonds is 1. The minimum Gasteiger partial charge on any atom is -0.450 e. The van der Waals surface area contributed by atoms with Crippen LogP contribution in [0.15, 0.2) is 4.47 Å². The Hall–Kier alpha value is -0.550. The number of aryl methyl sites for hydroxylation is 1. The topological polar surface area (TPSA) is 29.5 Å². The minimum absolute atomic E-state index is 0.155. The van der Waals surface area contributed by atoms with E-state index in [1.165, 1.54) is 19.8 Å². The molecule has 2 heterocycles. The Balaban J connectivity index is 1.87. The van der Waals surface area contributed by atoms with Gasteiger partial charge in [-0.15, -0.1) is 11.3 Å². The zero-order valence-electron chi connectivity index (χ0n) is 11.4. The van der Waals surface area contributed by atoms with Gasteiger partial charge in [-0.05, 0) is 47.2 Å². The fraction of sp³-hybridized carbons (Fsp3) is 0.643. The largest absolute Gasteiger partial charge is 0.450 e. The molecule has 2 aliphatic rings. The first-order valence-electron chi connectivity index (χ1n) is 6.75. The van der Waals surface area contributed by atoms with Gasteiger partial charge in [0.2, 0.25) is 0 Å². The van der Waals surface area contributed by atoms with Crippen LogP contribution in [0.25, 0.3) is 0 Å². The van der Waals surface area contributed by atoms with Gasteiger partial charge in [0, 0.05) is 33.2 Å². The number of amides is 1. The molecule has 1 aliphatic heterocycles. The first-order valence-corrected chi connectivity index (χ1v) is 8.35. The highest BCUT2D eigenvalue weighted by molar-refractivity contribution is 9.10. The fourth-order valence-corrected chi connectivity index (χ4v) is 5.73. The van der Waals surface area contributed by atoms with E-state index in [1.807, 2.05) is 23.2 Å². The van der Waals surface area contributed by atoms with Crippen LogP contribution in [0.5, 0.6) is 0 Å². The second-order valence-electron chi connectivity index (χ2n) is 5.41. The van der Waals surface area contributed by atoms with Crippen LogP contribution in [-0.4, -0.2) is 30.7 Å². The van der Waals surface area contributed by atoms with Gasteiger partial charge in [0.15, 0.2) is 0 Å². The van der Waals surface area contributed by atoms with Crippen molar-refractivity contribution in [2.24, 2.45) is 5.92 Å². The molecule has 19 heavy (non-hydrogen) atoms. The number of likely N-dealkylation sites (tertiary alicyclic amines) is 1. The first kappa shape index (κ1) is 13.4. The average molecular weight is 344 g/mol. The molecule has 5 heteroatoms. The van der Waals surface area contributed by atoms with Crippen LogP contribution in [-0.2, 0) is 4.74 Å². The molecule has 0 aromatic carbocycles. The summed E-state index contributed by atoms with van der Waals surface area (Å²) in [5, 5.41) is 0. The number of carbonyl (C=O) groups excluding carboxylic acids is 1. The third kappa shape index (κ3) is 1.93. The predicted octanol–water partition coefficient (Wildman–Crippen LogP) is 4.11. The van der Waals surface area contributed by atoms with Gasteiger partial charge in [0.05, 0.1) is 6.61 Å². The average Bonchev–Trinajstić information content (AvgIpc) is 2.98. The Morgan fingerprint density at radius 3 is 2.95 bits per heavy atom. The lowest BCUT2D eigenvalue weighted by molar-refractivity contribution is 0.113. The summed E-state index contributed by atoms with van der Waals surface area (Å²) < 4.78 is 6.41. The summed E-state index contributed by atoms with van der Waals surface area (Å²) >= 11 is 5.61. The number of halogens is 1. The Bertz CT molecular complexity index is 528. The molecule has 3 unspecified atom stereocenters. The number of ether oxygens (including phenoxy) is 1. The Morgan fingerprint density at radius 1 is 1.53 bits per heavy atom. The highest BCUT2D eigenvalue weighted by Crippen LogP contribution is 2.56. The zero-order chi connectivity index (χ0) is 13.7. The zero-order valence-corrected chi connectivity index (χ0v) is 13.8. The molecular formula is C14H18BrNO2S. The van der Waals surface area contributed by atoms with Gasteiger partial charge in [-0.2, -0.15) is 0 Å². The van der Waals surface area contributed by atoms with Crippen molar-refractivity contribution in [3.05, 3.63) is 19.8 Å². The lowest BCUT2D eigenvalue weighted by atomic mass is 9.91. The summed E-state index contributed by atoms with van der Waals surface area (Å²) in [5.74, 6) is 1.59. The molecule has 3 nitrogen and oxygen atoms in total.